The van der Waals surface area contributed by atoms with E-state index in [-0.39, 0.29) is 6.04 Å². The molecule has 2 N–H and O–H groups in total. The third-order valence-electron chi connectivity index (χ3n) is 3.63. The highest BCUT2D eigenvalue weighted by Gasteiger charge is 2.23. The van der Waals surface area contributed by atoms with E-state index in [0.717, 1.165) is 6.54 Å². The Kier molecular flexibility index (Phi) is 3.62. The molecule has 0 aliphatic carbocycles. The fraction of sp³-hybridized carbons (Fsp3) is 0.571. The van der Waals surface area contributed by atoms with Gasteiger partial charge in [-0.25, -0.2) is 0 Å². The first-order valence-electron chi connectivity index (χ1n) is 6.17. The van der Waals surface area contributed by atoms with Crippen LogP contribution in [0.1, 0.15) is 30.0 Å². The Hall–Kier alpha value is -0.860. The van der Waals surface area contributed by atoms with Crippen LogP contribution in [-0.4, -0.2) is 25.0 Å². The topological polar surface area (TPSA) is 29.3 Å². The van der Waals surface area contributed by atoms with Crippen molar-refractivity contribution in [1.82, 2.24) is 4.90 Å². The number of hydrogen-bond acceptors (Lipinski definition) is 2. The summed E-state index contributed by atoms with van der Waals surface area (Å²) in [5, 5.41) is 0. The number of nitrogens with zero attached hydrogens (tertiary/aromatic N) is 1. The van der Waals surface area contributed by atoms with Crippen LogP contribution < -0.4 is 5.73 Å². The molecule has 1 aromatic rings. The highest BCUT2D eigenvalue weighted by molar-refractivity contribution is 5.24. The van der Waals surface area contributed by atoms with Gasteiger partial charge in [0.2, 0.25) is 0 Å². The Labute approximate surface area is 98.4 Å². The van der Waals surface area contributed by atoms with Crippen LogP contribution in [0.25, 0.3) is 0 Å². The standard InChI is InChI=1S/C14H22N2/c1-11-5-7-12(8-6-11)14(15)13-4-3-9-16(2)10-13/h5-8,13-14H,3-4,9-10,15H2,1-2H3. The molecule has 1 fully saturated rings. The molecule has 0 amide bonds. The van der Waals surface area contributed by atoms with Crippen molar-refractivity contribution < 1.29 is 0 Å². The van der Waals surface area contributed by atoms with Gasteiger partial charge in [0, 0.05) is 12.6 Å². The van der Waals surface area contributed by atoms with Crippen molar-refractivity contribution in [3.63, 3.8) is 0 Å². The van der Waals surface area contributed by atoms with Crippen molar-refractivity contribution in [3.05, 3.63) is 35.4 Å². The summed E-state index contributed by atoms with van der Waals surface area (Å²) in [6.45, 7) is 4.47. The number of likely N-dealkylation sites (tertiary alicyclic amines) is 1. The van der Waals surface area contributed by atoms with E-state index in [1.807, 2.05) is 0 Å². The molecule has 0 saturated carbocycles. The Balaban J connectivity index is 2.06. The number of rotatable bonds is 2. The van der Waals surface area contributed by atoms with Crippen LogP contribution in [0, 0.1) is 12.8 Å². The molecular weight excluding hydrogens is 196 g/mol. The van der Waals surface area contributed by atoms with Crippen molar-refractivity contribution in [3.8, 4) is 0 Å². The van der Waals surface area contributed by atoms with Gasteiger partial charge in [0.25, 0.3) is 0 Å². The summed E-state index contributed by atoms with van der Waals surface area (Å²) >= 11 is 0. The van der Waals surface area contributed by atoms with Crippen LogP contribution in [0.2, 0.25) is 0 Å². The molecule has 0 bridgehead atoms. The molecule has 2 nitrogen and oxygen atoms in total. The number of hydrogen-bond donors (Lipinski definition) is 1. The number of nitrogens with two attached hydrogens (primary N) is 1. The van der Waals surface area contributed by atoms with Crippen molar-refractivity contribution in [2.45, 2.75) is 25.8 Å². The van der Waals surface area contributed by atoms with E-state index in [9.17, 15) is 0 Å². The molecule has 1 aliphatic heterocycles. The summed E-state index contributed by atoms with van der Waals surface area (Å²) in [7, 11) is 2.19. The van der Waals surface area contributed by atoms with E-state index in [2.05, 4.69) is 43.1 Å². The lowest BCUT2D eigenvalue weighted by Gasteiger charge is -2.33. The summed E-state index contributed by atoms with van der Waals surface area (Å²) in [6, 6.07) is 8.86. The molecule has 16 heavy (non-hydrogen) atoms. The summed E-state index contributed by atoms with van der Waals surface area (Å²) in [5.41, 5.74) is 8.94. The van der Waals surface area contributed by atoms with Crippen molar-refractivity contribution in [1.29, 1.82) is 0 Å². The zero-order valence-corrected chi connectivity index (χ0v) is 10.3. The first kappa shape index (κ1) is 11.6. The second-order valence-electron chi connectivity index (χ2n) is 5.10. The van der Waals surface area contributed by atoms with E-state index in [1.165, 1.54) is 30.5 Å². The second kappa shape index (κ2) is 4.98. The molecule has 1 saturated heterocycles. The average molecular weight is 218 g/mol. The molecular formula is C14H22N2. The molecule has 2 atom stereocenters. The first-order valence-corrected chi connectivity index (χ1v) is 6.17. The van der Waals surface area contributed by atoms with Crippen LogP contribution in [-0.2, 0) is 0 Å². The summed E-state index contributed by atoms with van der Waals surface area (Å²) in [4.78, 5) is 2.39. The van der Waals surface area contributed by atoms with Crippen LogP contribution in [0.15, 0.2) is 24.3 Å². The van der Waals surface area contributed by atoms with Crippen molar-refractivity contribution in [2.24, 2.45) is 11.7 Å². The molecule has 2 unspecified atom stereocenters. The van der Waals surface area contributed by atoms with Gasteiger partial charge in [0.15, 0.2) is 0 Å². The van der Waals surface area contributed by atoms with Crippen molar-refractivity contribution in [2.75, 3.05) is 20.1 Å². The minimum Gasteiger partial charge on any atom is -0.324 e. The maximum atomic E-state index is 6.36. The molecule has 1 heterocycles. The molecule has 0 radical (unpaired) electrons. The zero-order chi connectivity index (χ0) is 11.5. The number of aryl methyl sites for hydroxylation is 1. The fourth-order valence-corrected chi connectivity index (χ4v) is 2.56. The van der Waals surface area contributed by atoms with E-state index in [0.29, 0.717) is 5.92 Å². The summed E-state index contributed by atoms with van der Waals surface area (Å²) in [6.07, 6.45) is 2.54. The van der Waals surface area contributed by atoms with Gasteiger partial charge in [0.05, 0.1) is 0 Å². The Morgan fingerprint density at radius 1 is 1.31 bits per heavy atom. The van der Waals surface area contributed by atoms with Gasteiger partial charge >= 0.3 is 0 Å². The molecule has 0 aromatic heterocycles. The van der Waals surface area contributed by atoms with E-state index in [1.54, 1.807) is 0 Å². The molecule has 88 valence electrons. The molecule has 2 rings (SSSR count). The number of piperidine rings is 1. The number of benzene rings is 1. The molecule has 1 aromatic carbocycles. The van der Waals surface area contributed by atoms with Crippen LogP contribution in [0.5, 0.6) is 0 Å². The normalized spacial score (nSPS) is 24.3. The largest absolute Gasteiger partial charge is 0.324 e. The molecule has 0 spiro atoms. The van der Waals surface area contributed by atoms with Gasteiger partial charge in [-0.2, -0.15) is 0 Å². The Morgan fingerprint density at radius 3 is 2.62 bits per heavy atom. The monoisotopic (exact) mass is 218 g/mol. The van der Waals surface area contributed by atoms with Crippen molar-refractivity contribution >= 4 is 0 Å². The lowest BCUT2D eigenvalue weighted by molar-refractivity contribution is 0.188. The van der Waals surface area contributed by atoms with Gasteiger partial charge in [-0.15, -0.1) is 0 Å². The molecule has 1 aliphatic rings. The maximum Gasteiger partial charge on any atom is 0.0335 e. The van der Waals surface area contributed by atoms with Gasteiger partial charge in [-0.3, -0.25) is 0 Å². The highest BCUT2D eigenvalue weighted by atomic mass is 15.1. The zero-order valence-electron chi connectivity index (χ0n) is 10.3. The average Bonchev–Trinajstić information content (AvgIpc) is 2.29. The fourth-order valence-electron chi connectivity index (χ4n) is 2.56. The maximum absolute atomic E-state index is 6.36. The van der Waals surface area contributed by atoms with Gasteiger partial charge in [-0.05, 0) is 44.8 Å². The SMILES string of the molecule is Cc1ccc(C(N)C2CCCN(C)C2)cc1. The van der Waals surface area contributed by atoms with E-state index >= 15 is 0 Å². The lowest BCUT2D eigenvalue weighted by Crippen LogP contribution is -2.37. The lowest BCUT2D eigenvalue weighted by atomic mass is 9.87. The Bertz CT molecular complexity index is 331. The van der Waals surface area contributed by atoms with Crippen LogP contribution in [0.4, 0.5) is 0 Å². The second-order valence-corrected chi connectivity index (χ2v) is 5.10. The minimum absolute atomic E-state index is 0.198. The molecule has 2 heteroatoms. The van der Waals surface area contributed by atoms with Crippen LogP contribution in [0.3, 0.4) is 0 Å². The predicted octanol–water partition coefficient (Wildman–Crippen LogP) is 2.34. The van der Waals surface area contributed by atoms with E-state index < -0.39 is 0 Å². The third kappa shape index (κ3) is 2.63. The summed E-state index contributed by atoms with van der Waals surface area (Å²) < 4.78 is 0. The van der Waals surface area contributed by atoms with E-state index in [4.69, 9.17) is 5.73 Å². The smallest absolute Gasteiger partial charge is 0.0335 e. The van der Waals surface area contributed by atoms with Gasteiger partial charge in [-0.1, -0.05) is 29.8 Å². The predicted molar refractivity (Wildman–Crippen MR) is 68.3 cm³/mol. The summed E-state index contributed by atoms with van der Waals surface area (Å²) in [5.74, 6) is 0.612. The first-order chi connectivity index (χ1) is 7.66. The van der Waals surface area contributed by atoms with Crippen LogP contribution >= 0.6 is 0 Å². The highest BCUT2D eigenvalue weighted by Crippen LogP contribution is 2.27. The van der Waals surface area contributed by atoms with Gasteiger partial charge in [0.1, 0.15) is 0 Å². The van der Waals surface area contributed by atoms with Gasteiger partial charge < -0.3 is 10.6 Å². The minimum atomic E-state index is 0.198. The third-order valence-corrected chi connectivity index (χ3v) is 3.63. The Morgan fingerprint density at radius 2 is 2.00 bits per heavy atom. The quantitative estimate of drug-likeness (QED) is 0.825.